The molecule has 3 aromatic carbocycles. The maximum atomic E-state index is 13.7. The first-order chi connectivity index (χ1) is 16.2. The molecule has 0 saturated heterocycles. The molecule has 0 spiro atoms. The predicted molar refractivity (Wildman–Crippen MR) is 131 cm³/mol. The Hall–Kier alpha value is -3.75. The number of thioether (sulfide) groups is 1. The molecule has 0 atom stereocenters. The molecule has 160 valence electrons. The van der Waals surface area contributed by atoms with E-state index in [2.05, 4.69) is 19.9 Å². The number of hydrogen-bond donors (Lipinski definition) is 1. The molecule has 6 aromatic rings. The Morgan fingerprint density at radius 1 is 0.970 bits per heavy atom. The summed E-state index contributed by atoms with van der Waals surface area (Å²) in [6.07, 6.45) is 3.08. The van der Waals surface area contributed by atoms with Gasteiger partial charge in [-0.1, -0.05) is 59.8 Å². The van der Waals surface area contributed by atoms with Crippen molar-refractivity contribution in [3.63, 3.8) is 0 Å². The van der Waals surface area contributed by atoms with E-state index in [1.165, 1.54) is 18.1 Å². The Morgan fingerprint density at radius 2 is 1.76 bits per heavy atom. The summed E-state index contributed by atoms with van der Waals surface area (Å²) in [6, 6.07) is 19.0. The molecule has 0 amide bonds. The molecule has 6 rings (SSSR count). The van der Waals surface area contributed by atoms with E-state index in [1.54, 1.807) is 17.0 Å². The standard InChI is InChI=1S/C24H15ClN6OS/c25-17-7-3-4-8-20(17)31-23(32)16-9-14-5-1-2-6-15(14)10-18(16)30-24(31)33-11-19-21-22(28-12-26-19)29-13-27-21/h1-10,12-13H,11H2,(H,26,27,28,29). The van der Waals surface area contributed by atoms with Gasteiger partial charge in [-0.2, -0.15) is 0 Å². The number of para-hydroxylation sites is 1. The van der Waals surface area contributed by atoms with Crippen LogP contribution >= 0.6 is 23.4 Å². The summed E-state index contributed by atoms with van der Waals surface area (Å²) in [4.78, 5) is 34.5. The highest BCUT2D eigenvalue weighted by Gasteiger charge is 2.17. The van der Waals surface area contributed by atoms with Gasteiger partial charge in [0.25, 0.3) is 5.56 Å². The van der Waals surface area contributed by atoms with Gasteiger partial charge in [0.15, 0.2) is 10.8 Å². The zero-order valence-electron chi connectivity index (χ0n) is 17.1. The number of benzene rings is 3. The first-order valence-corrected chi connectivity index (χ1v) is 11.5. The van der Waals surface area contributed by atoms with Crippen molar-refractivity contribution in [2.75, 3.05) is 0 Å². The van der Waals surface area contributed by atoms with Gasteiger partial charge < -0.3 is 4.98 Å². The highest BCUT2D eigenvalue weighted by molar-refractivity contribution is 7.98. The van der Waals surface area contributed by atoms with Crippen LogP contribution in [0.5, 0.6) is 0 Å². The van der Waals surface area contributed by atoms with Crippen molar-refractivity contribution in [2.45, 2.75) is 10.9 Å². The molecular formula is C24H15ClN6OS. The average Bonchev–Trinajstić information content (AvgIpc) is 3.32. The number of aromatic nitrogens is 6. The van der Waals surface area contributed by atoms with Crippen molar-refractivity contribution in [1.29, 1.82) is 0 Å². The normalized spacial score (nSPS) is 11.5. The van der Waals surface area contributed by atoms with Crippen LogP contribution in [0.2, 0.25) is 5.02 Å². The lowest BCUT2D eigenvalue weighted by molar-refractivity contribution is 0.820. The van der Waals surface area contributed by atoms with Crippen LogP contribution in [0.1, 0.15) is 5.69 Å². The second-order valence-electron chi connectivity index (χ2n) is 7.41. The molecule has 9 heteroatoms. The monoisotopic (exact) mass is 470 g/mol. The number of hydrogen-bond acceptors (Lipinski definition) is 6. The quantitative estimate of drug-likeness (QED) is 0.218. The summed E-state index contributed by atoms with van der Waals surface area (Å²) in [7, 11) is 0. The van der Waals surface area contributed by atoms with E-state index in [4.69, 9.17) is 16.6 Å². The fourth-order valence-corrected chi connectivity index (χ4v) is 5.03. The summed E-state index contributed by atoms with van der Waals surface area (Å²) in [5.74, 6) is 0.469. The van der Waals surface area contributed by atoms with E-state index in [-0.39, 0.29) is 5.56 Å². The number of aromatic amines is 1. The van der Waals surface area contributed by atoms with E-state index in [9.17, 15) is 4.79 Å². The highest BCUT2D eigenvalue weighted by atomic mass is 35.5. The summed E-state index contributed by atoms with van der Waals surface area (Å²) in [5, 5.41) is 3.55. The molecule has 0 unspecified atom stereocenters. The van der Waals surface area contributed by atoms with Crippen molar-refractivity contribution < 1.29 is 0 Å². The SMILES string of the molecule is O=c1c2cc3ccccc3cc2nc(SCc2ncnc3nc[nH]c23)n1-c1ccccc1Cl. The van der Waals surface area contributed by atoms with Gasteiger partial charge in [0.05, 0.1) is 33.6 Å². The zero-order valence-corrected chi connectivity index (χ0v) is 18.6. The van der Waals surface area contributed by atoms with E-state index >= 15 is 0 Å². The smallest absolute Gasteiger partial charge is 0.266 e. The number of H-pyrrole nitrogens is 1. The van der Waals surface area contributed by atoms with Gasteiger partial charge in [-0.15, -0.1) is 0 Å². The molecule has 0 radical (unpaired) electrons. The van der Waals surface area contributed by atoms with Crippen LogP contribution < -0.4 is 5.56 Å². The Kier molecular flexibility index (Phi) is 4.82. The van der Waals surface area contributed by atoms with Gasteiger partial charge in [-0.05, 0) is 35.0 Å². The summed E-state index contributed by atoms with van der Waals surface area (Å²) in [5.41, 5.74) is 3.20. The number of nitrogens with one attached hydrogen (secondary N) is 1. The lowest BCUT2D eigenvalue weighted by Gasteiger charge is -2.15. The zero-order chi connectivity index (χ0) is 22.4. The second-order valence-corrected chi connectivity index (χ2v) is 8.76. The molecule has 0 aliphatic heterocycles. The summed E-state index contributed by atoms with van der Waals surface area (Å²) < 4.78 is 1.58. The molecule has 0 saturated carbocycles. The third-order valence-corrected chi connectivity index (χ3v) is 6.71. The van der Waals surface area contributed by atoms with Gasteiger partial charge in [0.1, 0.15) is 11.8 Å². The minimum absolute atomic E-state index is 0.171. The lowest BCUT2D eigenvalue weighted by atomic mass is 10.1. The Balaban J connectivity index is 1.56. The molecule has 3 heterocycles. The highest BCUT2D eigenvalue weighted by Crippen LogP contribution is 2.29. The lowest BCUT2D eigenvalue weighted by Crippen LogP contribution is -2.22. The topological polar surface area (TPSA) is 89.3 Å². The minimum atomic E-state index is -0.171. The van der Waals surface area contributed by atoms with Crippen molar-refractivity contribution in [3.05, 3.63) is 94.4 Å². The molecule has 33 heavy (non-hydrogen) atoms. The van der Waals surface area contributed by atoms with Crippen LogP contribution in [-0.4, -0.2) is 29.5 Å². The van der Waals surface area contributed by atoms with Crippen LogP contribution in [0.25, 0.3) is 38.5 Å². The molecule has 7 nitrogen and oxygen atoms in total. The van der Waals surface area contributed by atoms with Crippen molar-refractivity contribution in [3.8, 4) is 5.69 Å². The maximum absolute atomic E-state index is 13.7. The summed E-state index contributed by atoms with van der Waals surface area (Å²) >= 11 is 7.91. The van der Waals surface area contributed by atoms with Crippen LogP contribution in [0.3, 0.4) is 0 Å². The van der Waals surface area contributed by atoms with Gasteiger partial charge in [-0.25, -0.2) is 19.9 Å². The van der Waals surface area contributed by atoms with Crippen LogP contribution in [-0.2, 0) is 5.75 Å². The number of halogens is 1. The molecule has 0 fully saturated rings. The third kappa shape index (κ3) is 3.44. The maximum Gasteiger partial charge on any atom is 0.266 e. The average molecular weight is 471 g/mol. The van der Waals surface area contributed by atoms with Crippen LogP contribution in [0.15, 0.2) is 83.3 Å². The minimum Gasteiger partial charge on any atom is -0.342 e. The van der Waals surface area contributed by atoms with Gasteiger partial charge in [0, 0.05) is 5.75 Å². The Bertz CT molecular complexity index is 1730. The molecular weight excluding hydrogens is 456 g/mol. The van der Waals surface area contributed by atoms with Gasteiger partial charge in [-0.3, -0.25) is 9.36 Å². The number of fused-ring (bicyclic) bond motifs is 3. The van der Waals surface area contributed by atoms with Crippen molar-refractivity contribution in [1.82, 2.24) is 29.5 Å². The van der Waals surface area contributed by atoms with E-state index in [0.29, 0.717) is 38.2 Å². The Labute approximate surface area is 196 Å². The molecule has 0 aliphatic carbocycles. The molecule has 1 N–H and O–H groups in total. The van der Waals surface area contributed by atoms with E-state index in [1.807, 2.05) is 54.6 Å². The van der Waals surface area contributed by atoms with E-state index in [0.717, 1.165) is 22.0 Å². The van der Waals surface area contributed by atoms with Crippen molar-refractivity contribution in [2.24, 2.45) is 0 Å². The van der Waals surface area contributed by atoms with E-state index < -0.39 is 0 Å². The van der Waals surface area contributed by atoms with Gasteiger partial charge in [0.2, 0.25) is 0 Å². The number of imidazole rings is 1. The first kappa shape index (κ1) is 19.9. The van der Waals surface area contributed by atoms with Gasteiger partial charge >= 0.3 is 0 Å². The van der Waals surface area contributed by atoms with Crippen LogP contribution in [0.4, 0.5) is 0 Å². The number of rotatable bonds is 4. The fraction of sp³-hybridized carbons (Fsp3) is 0.0417. The van der Waals surface area contributed by atoms with Crippen LogP contribution in [0, 0.1) is 0 Å². The molecule has 0 aliphatic rings. The van der Waals surface area contributed by atoms with Crippen molar-refractivity contribution >= 4 is 56.2 Å². The Morgan fingerprint density at radius 3 is 2.61 bits per heavy atom. The molecule has 3 aromatic heterocycles. The third-order valence-electron chi connectivity index (χ3n) is 5.44. The first-order valence-electron chi connectivity index (χ1n) is 10.2. The summed E-state index contributed by atoms with van der Waals surface area (Å²) in [6.45, 7) is 0. The number of nitrogens with zero attached hydrogens (tertiary/aromatic N) is 5. The second kappa shape index (κ2) is 7.99. The fourth-order valence-electron chi connectivity index (χ4n) is 3.85. The predicted octanol–water partition coefficient (Wildman–Crippen LogP) is 5.15. The largest absolute Gasteiger partial charge is 0.342 e. The molecule has 0 bridgehead atoms.